The maximum Gasteiger partial charge on any atom is 0.416 e. The third-order valence-electron chi connectivity index (χ3n) is 7.67. The number of hydrogen-bond acceptors (Lipinski definition) is 6. The van der Waals surface area contributed by atoms with Crippen LogP contribution in [-0.2, 0) is 43.1 Å². The molecule has 1 saturated heterocycles. The number of halogens is 3. The maximum atomic E-state index is 13.8. The van der Waals surface area contributed by atoms with Gasteiger partial charge in [0, 0.05) is 19.4 Å². The molecule has 1 aliphatic heterocycles. The number of fused-ring (bicyclic) bond motifs is 1. The lowest BCUT2D eigenvalue weighted by Crippen LogP contribution is -2.60. The van der Waals surface area contributed by atoms with Crippen LogP contribution in [0.3, 0.4) is 0 Å². The van der Waals surface area contributed by atoms with Crippen molar-refractivity contribution in [3.63, 3.8) is 0 Å². The quantitative estimate of drug-likeness (QED) is 0.452. The molecule has 1 amide bonds. The number of hydrogen-bond donors (Lipinski definition) is 1. The summed E-state index contributed by atoms with van der Waals surface area (Å²) in [4.78, 5) is 13.8. The Hall–Kier alpha value is -2.97. The third-order valence-corrected chi connectivity index (χ3v) is 7.67. The van der Waals surface area contributed by atoms with Crippen molar-refractivity contribution in [2.75, 3.05) is 6.54 Å². The number of nitriles is 1. The standard InChI is InChI=1S/C30H33F3N2O5/c1-28(2)39-25-14-29(27(36)35-16-19-10-11-19,38-18-22-8-4-3-7-21(22)15-34)13-24(26(25)40-28)37-17-20-6-5-9-23(12-20)30(31,32)33/h3-9,12,19,24-26H,10-11,13-14,16-18H2,1-2H3,(H,35,36)/t24?,25-,26+,29-/m1/s1. The van der Waals surface area contributed by atoms with E-state index in [1.165, 1.54) is 6.07 Å². The Bertz CT molecular complexity index is 1270. The zero-order chi connectivity index (χ0) is 28.5. The van der Waals surface area contributed by atoms with Crippen LogP contribution in [0.1, 0.15) is 61.8 Å². The molecule has 0 radical (unpaired) electrons. The molecule has 3 aliphatic rings. The van der Waals surface area contributed by atoms with Gasteiger partial charge in [0.15, 0.2) is 11.4 Å². The summed E-state index contributed by atoms with van der Waals surface area (Å²) >= 11 is 0. The number of carbonyl (C=O) groups excluding carboxylic acids is 1. The number of nitrogens with zero attached hydrogens (tertiary/aromatic N) is 1. The van der Waals surface area contributed by atoms with Gasteiger partial charge < -0.3 is 24.3 Å². The summed E-state index contributed by atoms with van der Waals surface area (Å²) < 4.78 is 64.7. The number of nitrogens with one attached hydrogen (secondary N) is 1. The Morgan fingerprint density at radius 3 is 2.60 bits per heavy atom. The molecule has 2 saturated carbocycles. The van der Waals surface area contributed by atoms with Gasteiger partial charge in [0.25, 0.3) is 5.91 Å². The van der Waals surface area contributed by atoms with Crippen molar-refractivity contribution in [3.8, 4) is 6.07 Å². The fourth-order valence-corrected chi connectivity index (χ4v) is 5.44. The van der Waals surface area contributed by atoms with E-state index < -0.39 is 41.4 Å². The molecule has 40 heavy (non-hydrogen) atoms. The number of amides is 1. The summed E-state index contributed by atoms with van der Waals surface area (Å²) in [6.45, 7) is 3.98. The van der Waals surface area contributed by atoms with Gasteiger partial charge in [-0.05, 0) is 61.9 Å². The van der Waals surface area contributed by atoms with Crippen LogP contribution >= 0.6 is 0 Å². The molecular formula is C30H33F3N2O5. The van der Waals surface area contributed by atoms with E-state index in [2.05, 4.69) is 11.4 Å². The summed E-state index contributed by atoms with van der Waals surface area (Å²) in [5, 5.41) is 12.6. The zero-order valence-electron chi connectivity index (χ0n) is 22.5. The molecule has 0 bridgehead atoms. The van der Waals surface area contributed by atoms with E-state index in [0.717, 1.165) is 25.0 Å². The first-order valence-electron chi connectivity index (χ1n) is 13.5. The summed E-state index contributed by atoms with van der Waals surface area (Å²) in [5.41, 5.74) is -0.677. The Labute approximate surface area is 231 Å². The molecule has 4 atom stereocenters. The minimum absolute atomic E-state index is 0.0164. The summed E-state index contributed by atoms with van der Waals surface area (Å²) in [6.07, 6.45) is -3.83. The first kappa shape index (κ1) is 28.6. The van der Waals surface area contributed by atoms with Gasteiger partial charge in [-0.25, -0.2) is 0 Å². The van der Waals surface area contributed by atoms with Gasteiger partial charge in [-0.15, -0.1) is 0 Å². The highest BCUT2D eigenvalue weighted by Gasteiger charge is 2.58. The second kappa shape index (κ2) is 11.1. The SMILES string of the molecule is CC1(C)O[C@@H]2C[C@@](OCc3ccccc3C#N)(C(=O)NCC3CC3)CC(OCc3cccc(C(F)(F)F)c3)[C@@H]2O1. The van der Waals surface area contributed by atoms with Crippen molar-refractivity contribution in [2.24, 2.45) is 5.92 Å². The minimum Gasteiger partial charge on any atom is -0.371 e. The molecule has 3 fully saturated rings. The highest BCUT2D eigenvalue weighted by molar-refractivity contribution is 5.85. The van der Waals surface area contributed by atoms with Crippen LogP contribution in [0.2, 0.25) is 0 Å². The second-order valence-corrected chi connectivity index (χ2v) is 11.3. The number of ether oxygens (including phenoxy) is 4. The Balaban J connectivity index is 1.41. The van der Waals surface area contributed by atoms with E-state index in [1.807, 2.05) is 0 Å². The predicted molar refractivity (Wildman–Crippen MR) is 137 cm³/mol. The van der Waals surface area contributed by atoms with Crippen LogP contribution in [-0.4, -0.2) is 42.2 Å². The Morgan fingerprint density at radius 1 is 1.10 bits per heavy atom. The van der Waals surface area contributed by atoms with Gasteiger partial charge in [-0.2, -0.15) is 18.4 Å². The normalized spacial score (nSPS) is 27.6. The van der Waals surface area contributed by atoms with Crippen molar-refractivity contribution in [1.82, 2.24) is 5.32 Å². The van der Waals surface area contributed by atoms with Crippen LogP contribution in [0, 0.1) is 17.2 Å². The van der Waals surface area contributed by atoms with E-state index in [0.29, 0.717) is 29.2 Å². The largest absolute Gasteiger partial charge is 0.416 e. The average molecular weight is 559 g/mol. The van der Waals surface area contributed by atoms with Crippen LogP contribution in [0.4, 0.5) is 13.2 Å². The molecular weight excluding hydrogens is 525 g/mol. The van der Waals surface area contributed by atoms with Gasteiger partial charge in [0.2, 0.25) is 0 Å². The fraction of sp³-hybridized carbons (Fsp3) is 0.533. The molecule has 1 heterocycles. The lowest BCUT2D eigenvalue weighted by molar-refractivity contribution is -0.183. The van der Waals surface area contributed by atoms with Crippen molar-refractivity contribution in [3.05, 3.63) is 70.8 Å². The highest BCUT2D eigenvalue weighted by Crippen LogP contribution is 2.44. The van der Waals surface area contributed by atoms with E-state index in [9.17, 15) is 23.2 Å². The molecule has 1 N–H and O–H groups in total. The summed E-state index contributed by atoms with van der Waals surface area (Å²) in [7, 11) is 0. The van der Waals surface area contributed by atoms with Crippen molar-refractivity contribution in [2.45, 2.75) is 88.6 Å². The summed E-state index contributed by atoms with van der Waals surface area (Å²) in [5.74, 6) is -0.802. The monoisotopic (exact) mass is 558 g/mol. The third kappa shape index (κ3) is 6.50. The second-order valence-electron chi connectivity index (χ2n) is 11.3. The molecule has 10 heteroatoms. The van der Waals surface area contributed by atoms with Crippen LogP contribution in [0.15, 0.2) is 48.5 Å². The van der Waals surface area contributed by atoms with Gasteiger partial charge in [0.1, 0.15) is 6.10 Å². The predicted octanol–water partition coefficient (Wildman–Crippen LogP) is 5.26. The molecule has 5 rings (SSSR count). The Kier molecular flexibility index (Phi) is 7.94. The molecule has 214 valence electrons. The Morgan fingerprint density at radius 2 is 1.88 bits per heavy atom. The lowest BCUT2D eigenvalue weighted by Gasteiger charge is -2.43. The fourth-order valence-electron chi connectivity index (χ4n) is 5.44. The van der Waals surface area contributed by atoms with Crippen molar-refractivity contribution >= 4 is 5.91 Å². The van der Waals surface area contributed by atoms with Crippen molar-refractivity contribution in [1.29, 1.82) is 5.26 Å². The lowest BCUT2D eigenvalue weighted by atomic mass is 9.78. The topological polar surface area (TPSA) is 89.8 Å². The van der Waals surface area contributed by atoms with Crippen molar-refractivity contribution < 1.29 is 36.9 Å². The molecule has 0 aromatic heterocycles. The smallest absolute Gasteiger partial charge is 0.371 e. The first-order valence-corrected chi connectivity index (χ1v) is 13.5. The molecule has 0 spiro atoms. The van der Waals surface area contributed by atoms with Gasteiger partial charge in [-0.3, -0.25) is 4.79 Å². The number of alkyl halides is 3. The summed E-state index contributed by atoms with van der Waals surface area (Å²) in [6, 6.07) is 14.2. The van der Waals surface area contributed by atoms with Crippen LogP contribution < -0.4 is 5.32 Å². The van der Waals surface area contributed by atoms with Crippen LogP contribution in [0.5, 0.6) is 0 Å². The van der Waals surface area contributed by atoms with E-state index in [4.69, 9.17) is 18.9 Å². The number of rotatable bonds is 9. The molecule has 2 aliphatic carbocycles. The number of benzene rings is 2. The number of carbonyl (C=O) groups is 1. The van der Waals surface area contributed by atoms with E-state index in [-0.39, 0.29) is 32.0 Å². The minimum atomic E-state index is -4.47. The zero-order valence-corrected chi connectivity index (χ0v) is 22.5. The van der Waals surface area contributed by atoms with E-state index >= 15 is 0 Å². The molecule has 1 unspecified atom stereocenters. The maximum absolute atomic E-state index is 13.8. The van der Waals surface area contributed by atoms with E-state index in [1.54, 1.807) is 44.2 Å². The van der Waals surface area contributed by atoms with Gasteiger partial charge >= 0.3 is 6.18 Å². The van der Waals surface area contributed by atoms with Crippen LogP contribution in [0.25, 0.3) is 0 Å². The van der Waals surface area contributed by atoms with Gasteiger partial charge in [-0.1, -0.05) is 30.3 Å². The molecule has 2 aromatic rings. The highest BCUT2D eigenvalue weighted by atomic mass is 19.4. The van der Waals surface area contributed by atoms with Gasteiger partial charge in [0.05, 0.1) is 42.6 Å². The average Bonchev–Trinajstić information content (AvgIpc) is 3.69. The molecule has 7 nitrogen and oxygen atoms in total. The molecule has 2 aromatic carbocycles. The first-order chi connectivity index (χ1) is 19.0.